The van der Waals surface area contributed by atoms with E-state index >= 15 is 0 Å². The highest BCUT2D eigenvalue weighted by Gasteiger charge is 2.11. The molecule has 0 saturated carbocycles. The third-order valence-corrected chi connectivity index (χ3v) is 6.50. The van der Waals surface area contributed by atoms with E-state index in [1.807, 2.05) is 24.3 Å². The van der Waals surface area contributed by atoms with Crippen LogP contribution < -0.4 is 40.5 Å². The average Bonchev–Trinajstić information content (AvgIpc) is 2.97. The van der Waals surface area contributed by atoms with E-state index in [0.717, 1.165) is 45.6 Å². The summed E-state index contributed by atoms with van der Waals surface area (Å²) in [4.78, 5) is 4.49. The summed E-state index contributed by atoms with van der Waals surface area (Å²) in [6.07, 6.45) is 0. The maximum Gasteiger partial charge on any atom is 0.119 e. The Balaban J connectivity index is 1.41. The molecular weight excluding hydrogens is 476 g/mol. The second-order valence-corrected chi connectivity index (χ2v) is 8.98. The summed E-state index contributed by atoms with van der Waals surface area (Å²) < 4.78 is 10.7. The molecule has 0 radical (unpaired) electrons. The highest BCUT2D eigenvalue weighted by atomic mass is 16.5. The SMILES string of the molecule is COc1ccc(N2CNc3cccc(c3)NCN(c3ccc(OC)cc3)CNc3cccc(c3)NC2)cc1. The molecule has 8 nitrogen and oxygen atoms in total. The van der Waals surface area contributed by atoms with Crippen molar-refractivity contribution >= 4 is 34.1 Å². The fourth-order valence-electron chi connectivity index (χ4n) is 4.29. The van der Waals surface area contributed by atoms with E-state index in [1.165, 1.54) is 0 Å². The average molecular weight is 511 g/mol. The van der Waals surface area contributed by atoms with Crippen LogP contribution in [-0.4, -0.2) is 40.9 Å². The van der Waals surface area contributed by atoms with Gasteiger partial charge in [0, 0.05) is 34.1 Å². The Hall–Kier alpha value is -4.72. The number of rotatable bonds is 4. The van der Waals surface area contributed by atoms with Crippen LogP contribution in [0.1, 0.15) is 0 Å². The van der Waals surface area contributed by atoms with E-state index in [1.54, 1.807) is 14.2 Å². The fraction of sp³-hybridized carbons (Fsp3) is 0.200. The van der Waals surface area contributed by atoms with Gasteiger partial charge >= 0.3 is 0 Å². The van der Waals surface area contributed by atoms with Gasteiger partial charge in [0.2, 0.25) is 0 Å². The van der Waals surface area contributed by atoms with E-state index in [9.17, 15) is 0 Å². The predicted molar refractivity (Wildman–Crippen MR) is 158 cm³/mol. The van der Waals surface area contributed by atoms with E-state index < -0.39 is 0 Å². The number of benzene rings is 4. The molecule has 4 aromatic rings. The second-order valence-electron chi connectivity index (χ2n) is 8.98. The van der Waals surface area contributed by atoms with Gasteiger partial charge in [-0.1, -0.05) is 12.1 Å². The highest BCUT2D eigenvalue weighted by Crippen LogP contribution is 2.24. The first-order valence-corrected chi connectivity index (χ1v) is 12.6. The van der Waals surface area contributed by atoms with Crippen LogP contribution in [0.4, 0.5) is 34.1 Å². The van der Waals surface area contributed by atoms with Crippen LogP contribution in [0, 0.1) is 0 Å². The van der Waals surface area contributed by atoms with Crippen molar-refractivity contribution < 1.29 is 9.47 Å². The molecule has 0 fully saturated rings. The van der Waals surface area contributed by atoms with Gasteiger partial charge in [0.1, 0.15) is 11.5 Å². The van der Waals surface area contributed by atoms with E-state index in [2.05, 4.69) is 104 Å². The van der Waals surface area contributed by atoms with Crippen LogP contribution in [0.25, 0.3) is 0 Å². The number of ether oxygens (including phenoxy) is 2. The first kappa shape index (κ1) is 25.0. The molecule has 4 bridgehead atoms. The molecule has 1 aliphatic rings. The van der Waals surface area contributed by atoms with E-state index in [-0.39, 0.29) is 0 Å². The van der Waals surface area contributed by atoms with Gasteiger partial charge in [-0.15, -0.1) is 0 Å². The van der Waals surface area contributed by atoms with Crippen molar-refractivity contribution in [2.24, 2.45) is 0 Å². The fourth-order valence-corrected chi connectivity index (χ4v) is 4.29. The van der Waals surface area contributed by atoms with Gasteiger partial charge in [0.25, 0.3) is 0 Å². The maximum absolute atomic E-state index is 5.35. The predicted octanol–water partition coefficient (Wildman–Crippen LogP) is 5.91. The molecule has 8 heteroatoms. The Labute approximate surface area is 224 Å². The topological polar surface area (TPSA) is 73.1 Å². The summed E-state index contributed by atoms with van der Waals surface area (Å²) in [6, 6.07) is 33.0. The van der Waals surface area contributed by atoms with Crippen molar-refractivity contribution in [3.8, 4) is 11.5 Å². The van der Waals surface area contributed by atoms with Gasteiger partial charge in [-0.3, -0.25) is 0 Å². The molecule has 0 aromatic heterocycles. The van der Waals surface area contributed by atoms with Gasteiger partial charge in [0.15, 0.2) is 0 Å². The lowest BCUT2D eigenvalue weighted by Gasteiger charge is -2.28. The summed E-state index contributed by atoms with van der Waals surface area (Å²) in [5, 5.41) is 14.3. The Morgan fingerprint density at radius 2 is 0.789 bits per heavy atom. The molecule has 0 atom stereocenters. The molecule has 0 aliphatic carbocycles. The number of hydrogen-bond donors (Lipinski definition) is 4. The minimum absolute atomic E-state index is 0.624. The maximum atomic E-state index is 5.35. The Morgan fingerprint density at radius 1 is 0.474 bits per heavy atom. The van der Waals surface area contributed by atoms with E-state index in [4.69, 9.17) is 9.47 Å². The number of methoxy groups -OCH3 is 2. The normalized spacial score (nSPS) is 13.8. The van der Waals surface area contributed by atoms with Gasteiger partial charge in [-0.25, -0.2) is 0 Å². The zero-order chi connectivity index (χ0) is 26.2. The molecule has 0 spiro atoms. The first-order chi connectivity index (χ1) is 18.7. The minimum Gasteiger partial charge on any atom is -0.497 e. The number of nitrogens with zero attached hydrogens (tertiary/aromatic N) is 2. The smallest absolute Gasteiger partial charge is 0.119 e. The van der Waals surface area contributed by atoms with Crippen molar-refractivity contribution in [2.75, 3.05) is 72.0 Å². The van der Waals surface area contributed by atoms with Crippen molar-refractivity contribution in [2.45, 2.75) is 0 Å². The highest BCUT2D eigenvalue weighted by molar-refractivity contribution is 5.62. The van der Waals surface area contributed by atoms with Gasteiger partial charge < -0.3 is 40.5 Å². The van der Waals surface area contributed by atoms with Crippen molar-refractivity contribution in [1.29, 1.82) is 0 Å². The Bertz CT molecular complexity index is 1160. The van der Waals surface area contributed by atoms with Gasteiger partial charge in [-0.2, -0.15) is 0 Å². The zero-order valence-electron chi connectivity index (χ0n) is 21.8. The molecule has 0 amide bonds. The number of fused-ring (bicyclic) bond motifs is 4. The van der Waals surface area contributed by atoms with Crippen LogP contribution in [0.2, 0.25) is 0 Å². The summed E-state index contributed by atoms with van der Waals surface area (Å²) in [5.41, 5.74) is 6.33. The Morgan fingerprint density at radius 3 is 1.08 bits per heavy atom. The standard InChI is InChI=1S/C30H34N6O2/c1-37-29-13-9-27(10-14-29)35-19-31-23-5-3-7-25(17-23)33-21-36(28-11-15-30(38-2)16-12-28)22-34-26-8-4-6-24(18-26)32-20-35/h3-18,31-34H,19-22H2,1-2H3. The summed E-state index contributed by atoms with van der Waals surface area (Å²) in [5.74, 6) is 1.68. The first-order valence-electron chi connectivity index (χ1n) is 12.6. The molecule has 4 aromatic carbocycles. The lowest BCUT2D eigenvalue weighted by atomic mass is 10.2. The number of anilines is 6. The minimum atomic E-state index is 0.624. The molecule has 1 heterocycles. The van der Waals surface area contributed by atoms with Crippen LogP contribution in [0.5, 0.6) is 11.5 Å². The molecule has 1 aliphatic heterocycles. The molecule has 0 saturated heterocycles. The third-order valence-electron chi connectivity index (χ3n) is 6.50. The quantitative estimate of drug-likeness (QED) is 0.270. The molecule has 5 rings (SSSR count). The van der Waals surface area contributed by atoms with Gasteiger partial charge in [-0.05, 0) is 84.9 Å². The van der Waals surface area contributed by atoms with Crippen molar-refractivity contribution in [1.82, 2.24) is 0 Å². The largest absolute Gasteiger partial charge is 0.497 e. The number of hydrogen-bond acceptors (Lipinski definition) is 8. The summed E-state index contributed by atoms with van der Waals surface area (Å²) in [6.45, 7) is 2.49. The molecule has 196 valence electrons. The summed E-state index contributed by atoms with van der Waals surface area (Å²) >= 11 is 0. The molecular formula is C30H34N6O2. The van der Waals surface area contributed by atoms with Crippen LogP contribution in [0.15, 0.2) is 97.1 Å². The Kier molecular flexibility index (Phi) is 7.89. The zero-order valence-corrected chi connectivity index (χ0v) is 21.8. The monoisotopic (exact) mass is 510 g/mol. The summed E-state index contributed by atoms with van der Waals surface area (Å²) in [7, 11) is 3.37. The van der Waals surface area contributed by atoms with Crippen LogP contribution in [0.3, 0.4) is 0 Å². The lowest BCUT2D eigenvalue weighted by Crippen LogP contribution is -2.35. The van der Waals surface area contributed by atoms with Gasteiger partial charge in [0.05, 0.1) is 40.9 Å². The number of nitrogens with one attached hydrogen (secondary N) is 4. The van der Waals surface area contributed by atoms with Crippen molar-refractivity contribution in [3.63, 3.8) is 0 Å². The van der Waals surface area contributed by atoms with Crippen LogP contribution in [-0.2, 0) is 0 Å². The van der Waals surface area contributed by atoms with Crippen LogP contribution >= 0.6 is 0 Å². The lowest BCUT2D eigenvalue weighted by molar-refractivity contribution is 0.414. The van der Waals surface area contributed by atoms with E-state index in [0.29, 0.717) is 26.7 Å². The molecule has 0 unspecified atom stereocenters. The third kappa shape index (κ3) is 6.34. The second kappa shape index (κ2) is 12.0. The molecule has 38 heavy (non-hydrogen) atoms. The molecule has 4 N–H and O–H groups in total. The van der Waals surface area contributed by atoms with Crippen molar-refractivity contribution in [3.05, 3.63) is 97.1 Å².